The smallest absolute Gasteiger partial charge is 0.252 e. The first kappa shape index (κ1) is 19.4. The van der Waals surface area contributed by atoms with Crippen LogP contribution in [-0.4, -0.2) is 25.8 Å². The first-order chi connectivity index (χ1) is 14.6. The van der Waals surface area contributed by atoms with Crippen LogP contribution in [0.3, 0.4) is 0 Å². The minimum atomic E-state index is -0.158. The highest BCUT2D eigenvalue weighted by molar-refractivity contribution is 6.07. The fraction of sp³-hybridized carbons (Fsp3) is 0.174. The zero-order valence-corrected chi connectivity index (χ0v) is 16.8. The highest BCUT2D eigenvalue weighted by Gasteiger charge is 2.19. The molecule has 4 aromatic rings. The van der Waals surface area contributed by atoms with E-state index in [0.29, 0.717) is 16.8 Å². The maximum absolute atomic E-state index is 13.3. The van der Waals surface area contributed by atoms with E-state index < -0.39 is 0 Å². The highest BCUT2D eigenvalue weighted by Crippen LogP contribution is 2.27. The summed E-state index contributed by atoms with van der Waals surface area (Å²) < 4.78 is 0. The number of hydrogen-bond donors (Lipinski definition) is 2. The highest BCUT2D eigenvalue weighted by atomic mass is 16.1. The average molecular weight is 398 g/mol. The SMILES string of the molecule is CC[C@H](NC(=O)c1cc(-c2cnc(N)nc2)nc2c(C)cccc12)c1ccncc1. The largest absolute Gasteiger partial charge is 0.368 e. The molecule has 0 aliphatic rings. The van der Waals surface area contributed by atoms with Crippen molar-refractivity contribution in [2.45, 2.75) is 26.3 Å². The lowest BCUT2D eigenvalue weighted by molar-refractivity contribution is 0.0937. The molecule has 0 aliphatic heterocycles. The molecular weight excluding hydrogens is 376 g/mol. The lowest BCUT2D eigenvalue weighted by Crippen LogP contribution is -2.28. The van der Waals surface area contributed by atoms with E-state index in [0.717, 1.165) is 28.5 Å². The van der Waals surface area contributed by atoms with Crippen molar-refractivity contribution in [1.82, 2.24) is 25.3 Å². The van der Waals surface area contributed by atoms with Crippen molar-refractivity contribution in [2.24, 2.45) is 0 Å². The van der Waals surface area contributed by atoms with Crippen molar-refractivity contribution in [1.29, 1.82) is 0 Å². The quantitative estimate of drug-likeness (QED) is 0.529. The van der Waals surface area contributed by atoms with E-state index in [9.17, 15) is 4.79 Å². The molecule has 0 fully saturated rings. The summed E-state index contributed by atoms with van der Waals surface area (Å²) in [5.74, 6) is 0.0334. The minimum absolute atomic E-state index is 0.114. The Morgan fingerprint density at radius 2 is 1.87 bits per heavy atom. The number of amides is 1. The van der Waals surface area contributed by atoms with Gasteiger partial charge in [0.05, 0.1) is 22.8 Å². The Bertz CT molecular complexity index is 1190. The van der Waals surface area contributed by atoms with Crippen molar-refractivity contribution in [3.8, 4) is 11.3 Å². The van der Waals surface area contributed by atoms with Crippen molar-refractivity contribution in [2.75, 3.05) is 5.73 Å². The summed E-state index contributed by atoms with van der Waals surface area (Å²) in [4.78, 5) is 30.3. The molecular formula is C23H22N6O. The van der Waals surface area contributed by atoms with Gasteiger partial charge in [0.2, 0.25) is 5.95 Å². The van der Waals surface area contributed by atoms with Gasteiger partial charge >= 0.3 is 0 Å². The second kappa shape index (κ2) is 8.24. The minimum Gasteiger partial charge on any atom is -0.368 e. The summed E-state index contributed by atoms with van der Waals surface area (Å²) in [5.41, 5.74) is 10.3. The third kappa shape index (κ3) is 3.82. The molecule has 7 nitrogen and oxygen atoms in total. The summed E-state index contributed by atoms with van der Waals surface area (Å²) >= 11 is 0. The molecule has 0 unspecified atom stereocenters. The van der Waals surface area contributed by atoms with Gasteiger partial charge in [-0.05, 0) is 42.7 Å². The van der Waals surface area contributed by atoms with Crippen LogP contribution in [0.5, 0.6) is 0 Å². The number of aromatic nitrogens is 4. The fourth-order valence-corrected chi connectivity index (χ4v) is 3.45. The van der Waals surface area contributed by atoms with Gasteiger partial charge < -0.3 is 11.1 Å². The van der Waals surface area contributed by atoms with E-state index in [2.05, 4.69) is 20.3 Å². The van der Waals surface area contributed by atoms with Gasteiger partial charge in [-0.15, -0.1) is 0 Å². The number of carbonyl (C=O) groups excluding carboxylic acids is 1. The van der Waals surface area contributed by atoms with Gasteiger partial charge in [-0.1, -0.05) is 25.1 Å². The number of nitrogens with one attached hydrogen (secondary N) is 1. The normalized spacial score (nSPS) is 11.9. The third-order valence-electron chi connectivity index (χ3n) is 5.08. The van der Waals surface area contributed by atoms with Crippen LogP contribution in [-0.2, 0) is 0 Å². The van der Waals surface area contributed by atoms with Gasteiger partial charge in [-0.2, -0.15) is 0 Å². The molecule has 4 rings (SSSR count). The number of hydrogen-bond acceptors (Lipinski definition) is 6. The number of pyridine rings is 2. The van der Waals surface area contributed by atoms with E-state index in [-0.39, 0.29) is 17.9 Å². The summed E-state index contributed by atoms with van der Waals surface area (Å²) in [5, 5.41) is 3.96. The van der Waals surface area contributed by atoms with Crippen LogP contribution in [0.15, 0.2) is 61.2 Å². The van der Waals surface area contributed by atoms with Gasteiger partial charge in [-0.25, -0.2) is 15.0 Å². The fourth-order valence-electron chi connectivity index (χ4n) is 3.45. The summed E-state index contributed by atoms with van der Waals surface area (Å²) in [6.07, 6.45) is 7.45. The van der Waals surface area contributed by atoms with Crippen LogP contribution >= 0.6 is 0 Å². The number of carbonyl (C=O) groups is 1. The van der Waals surface area contributed by atoms with E-state index in [1.54, 1.807) is 30.9 Å². The van der Waals surface area contributed by atoms with Gasteiger partial charge in [0, 0.05) is 35.7 Å². The Morgan fingerprint density at radius 3 is 2.57 bits per heavy atom. The van der Waals surface area contributed by atoms with Crippen LogP contribution < -0.4 is 11.1 Å². The molecule has 1 aromatic carbocycles. The first-order valence-electron chi connectivity index (χ1n) is 9.76. The first-order valence-corrected chi connectivity index (χ1v) is 9.76. The molecule has 0 spiro atoms. The Kier molecular flexibility index (Phi) is 5.34. The van der Waals surface area contributed by atoms with Crippen molar-refractivity contribution >= 4 is 22.8 Å². The summed E-state index contributed by atoms with van der Waals surface area (Å²) in [6.45, 7) is 4.02. The van der Waals surface area contributed by atoms with E-state index >= 15 is 0 Å². The van der Waals surface area contributed by atoms with E-state index in [4.69, 9.17) is 10.7 Å². The topological polar surface area (TPSA) is 107 Å². The van der Waals surface area contributed by atoms with Crippen LogP contribution in [0.4, 0.5) is 5.95 Å². The van der Waals surface area contributed by atoms with Gasteiger partial charge in [0.15, 0.2) is 0 Å². The molecule has 0 bridgehead atoms. The lowest BCUT2D eigenvalue weighted by atomic mass is 10.0. The number of nitrogens with zero attached hydrogens (tertiary/aromatic N) is 4. The molecule has 0 radical (unpaired) electrons. The molecule has 1 amide bonds. The van der Waals surface area contributed by atoms with Gasteiger partial charge in [0.25, 0.3) is 5.91 Å². The number of benzene rings is 1. The zero-order valence-electron chi connectivity index (χ0n) is 16.8. The molecule has 3 heterocycles. The Balaban J connectivity index is 1.79. The summed E-state index contributed by atoms with van der Waals surface area (Å²) in [6, 6.07) is 11.3. The number of para-hydroxylation sites is 1. The predicted octanol–water partition coefficient (Wildman–Crippen LogP) is 3.86. The third-order valence-corrected chi connectivity index (χ3v) is 5.08. The van der Waals surface area contributed by atoms with E-state index in [1.165, 1.54) is 0 Å². The number of nitrogen functional groups attached to an aromatic ring is 1. The van der Waals surface area contributed by atoms with Gasteiger partial charge in [-0.3, -0.25) is 9.78 Å². The van der Waals surface area contributed by atoms with E-state index in [1.807, 2.05) is 44.2 Å². The molecule has 150 valence electrons. The maximum atomic E-state index is 13.3. The molecule has 30 heavy (non-hydrogen) atoms. The van der Waals surface area contributed by atoms with Crippen molar-refractivity contribution in [3.63, 3.8) is 0 Å². The molecule has 3 N–H and O–H groups in total. The van der Waals surface area contributed by atoms with Crippen LogP contribution in [0.1, 0.15) is 40.9 Å². The molecule has 0 aliphatic carbocycles. The number of aryl methyl sites for hydroxylation is 1. The molecule has 0 saturated carbocycles. The zero-order chi connectivity index (χ0) is 21.1. The van der Waals surface area contributed by atoms with Crippen molar-refractivity contribution in [3.05, 3.63) is 77.9 Å². The number of rotatable bonds is 5. The monoisotopic (exact) mass is 398 g/mol. The van der Waals surface area contributed by atoms with Crippen LogP contribution in [0.2, 0.25) is 0 Å². The maximum Gasteiger partial charge on any atom is 0.252 e. The van der Waals surface area contributed by atoms with Crippen molar-refractivity contribution < 1.29 is 4.79 Å². The number of nitrogens with two attached hydrogens (primary N) is 1. The second-order valence-electron chi connectivity index (χ2n) is 7.07. The van der Waals surface area contributed by atoms with Gasteiger partial charge in [0.1, 0.15) is 0 Å². The summed E-state index contributed by atoms with van der Waals surface area (Å²) in [7, 11) is 0. The number of fused-ring (bicyclic) bond motifs is 1. The lowest BCUT2D eigenvalue weighted by Gasteiger charge is -2.18. The number of anilines is 1. The van der Waals surface area contributed by atoms with Crippen LogP contribution in [0, 0.1) is 6.92 Å². The standard InChI is InChI=1S/C23H22N6O/c1-3-19(15-7-9-25-10-8-15)29-22(30)18-11-20(16-12-26-23(24)27-13-16)28-21-14(2)5-4-6-17(18)21/h4-13,19H,3H2,1-2H3,(H,29,30)(H2,24,26,27)/t19-/m0/s1. The predicted molar refractivity (Wildman–Crippen MR) is 117 cm³/mol. The Labute approximate surface area is 174 Å². The second-order valence-corrected chi connectivity index (χ2v) is 7.07. The Hall–Kier alpha value is -3.87. The Morgan fingerprint density at radius 1 is 1.13 bits per heavy atom. The molecule has 1 atom stereocenters. The molecule has 7 heteroatoms. The molecule has 3 aromatic heterocycles. The molecule has 0 saturated heterocycles. The average Bonchev–Trinajstić information content (AvgIpc) is 2.78. The van der Waals surface area contributed by atoms with Crippen LogP contribution in [0.25, 0.3) is 22.2 Å².